The van der Waals surface area contributed by atoms with E-state index in [1.807, 2.05) is 17.0 Å². The van der Waals surface area contributed by atoms with E-state index >= 15 is 0 Å². The lowest BCUT2D eigenvalue weighted by Gasteiger charge is -2.33. The van der Waals surface area contributed by atoms with Gasteiger partial charge < -0.3 is 19.9 Å². The summed E-state index contributed by atoms with van der Waals surface area (Å²) in [4.78, 5) is 28.9. The molecule has 0 unspecified atom stereocenters. The zero-order valence-corrected chi connectivity index (χ0v) is 15.2. The highest BCUT2D eigenvalue weighted by Gasteiger charge is 2.30. The number of nitrogens with one attached hydrogen (secondary N) is 2. The maximum absolute atomic E-state index is 12.5. The first kappa shape index (κ1) is 17.4. The Bertz CT molecular complexity index is 868. The molecule has 7 heteroatoms. The third kappa shape index (κ3) is 3.44. The smallest absolute Gasteiger partial charge is 0.255 e. The molecule has 2 aliphatic heterocycles. The Morgan fingerprint density at radius 1 is 1.23 bits per heavy atom. The minimum absolute atomic E-state index is 0.0134. The molecule has 1 aromatic carbocycles. The van der Waals surface area contributed by atoms with Gasteiger partial charge in [-0.15, -0.1) is 0 Å². The summed E-state index contributed by atoms with van der Waals surface area (Å²) in [5.41, 5.74) is -0.164. The standard InChI is InChI=1S/C19H22ClN3O3/c20-15-11-14-12(3-7-22-18(14)24)10-17(15)26-13-4-8-23(9-5-13)19(25)16-2-1-6-21-16/h3,7,10-11,13,16,21H,1-2,4-6,8-9H2,(H,22,24)/t16-/m0/s1. The van der Waals surface area contributed by atoms with Crippen LogP contribution in [0, 0.1) is 0 Å². The first-order valence-electron chi connectivity index (χ1n) is 9.11. The first-order chi connectivity index (χ1) is 12.6. The number of hydrogen-bond acceptors (Lipinski definition) is 4. The van der Waals surface area contributed by atoms with Crippen LogP contribution in [0.25, 0.3) is 10.8 Å². The van der Waals surface area contributed by atoms with E-state index in [0.717, 1.165) is 37.6 Å². The summed E-state index contributed by atoms with van der Waals surface area (Å²) in [6.45, 7) is 2.33. The molecule has 2 fully saturated rings. The highest BCUT2D eigenvalue weighted by molar-refractivity contribution is 6.32. The molecule has 6 nitrogen and oxygen atoms in total. The molecule has 0 aliphatic carbocycles. The van der Waals surface area contributed by atoms with Crippen LogP contribution in [-0.2, 0) is 4.79 Å². The van der Waals surface area contributed by atoms with Crippen LogP contribution in [0.5, 0.6) is 5.75 Å². The number of fused-ring (bicyclic) bond motifs is 1. The monoisotopic (exact) mass is 375 g/mol. The third-order valence-electron chi connectivity index (χ3n) is 5.23. The number of carbonyl (C=O) groups excluding carboxylic acids is 1. The molecular formula is C19H22ClN3O3. The fraction of sp³-hybridized carbons (Fsp3) is 0.474. The van der Waals surface area contributed by atoms with Crippen molar-refractivity contribution in [2.45, 2.75) is 37.8 Å². The second-order valence-corrected chi connectivity index (χ2v) is 7.38. The summed E-state index contributed by atoms with van der Waals surface area (Å²) in [5, 5.41) is 5.05. The number of aromatic nitrogens is 1. The first-order valence-corrected chi connectivity index (χ1v) is 9.49. The fourth-order valence-electron chi connectivity index (χ4n) is 3.77. The number of hydrogen-bond donors (Lipinski definition) is 2. The normalized spacial score (nSPS) is 21.3. The zero-order chi connectivity index (χ0) is 18.1. The van der Waals surface area contributed by atoms with Gasteiger partial charge >= 0.3 is 0 Å². The molecule has 0 saturated carbocycles. The molecule has 138 valence electrons. The molecule has 4 rings (SSSR count). The molecule has 2 N–H and O–H groups in total. The van der Waals surface area contributed by atoms with E-state index in [1.165, 1.54) is 0 Å². The molecule has 0 bridgehead atoms. The van der Waals surface area contributed by atoms with Crippen molar-refractivity contribution in [1.29, 1.82) is 0 Å². The molecule has 2 aliphatic rings. The highest BCUT2D eigenvalue weighted by atomic mass is 35.5. The number of piperidine rings is 1. The van der Waals surface area contributed by atoms with Crippen molar-refractivity contribution in [2.24, 2.45) is 0 Å². The molecule has 3 heterocycles. The number of aromatic amines is 1. The van der Waals surface area contributed by atoms with Gasteiger partial charge in [-0.05, 0) is 43.0 Å². The summed E-state index contributed by atoms with van der Waals surface area (Å²) in [7, 11) is 0. The largest absolute Gasteiger partial charge is 0.489 e. The maximum Gasteiger partial charge on any atom is 0.255 e. The van der Waals surface area contributed by atoms with Crippen LogP contribution in [0.4, 0.5) is 0 Å². The summed E-state index contributed by atoms with van der Waals surface area (Å²) < 4.78 is 6.09. The van der Waals surface area contributed by atoms with Crippen LogP contribution in [0.2, 0.25) is 5.02 Å². The molecule has 1 aromatic heterocycles. The van der Waals surface area contributed by atoms with Crippen LogP contribution in [-0.4, -0.2) is 47.6 Å². The molecule has 2 saturated heterocycles. The second-order valence-electron chi connectivity index (χ2n) is 6.97. The second kappa shape index (κ2) is 7.29. The molecular weight excluding hydrogens is 354 g/mol. The number of benzene rings is 1. The van der Waals surface area contributed by atoms with Gasteiger partial charge in [0, 0.05) is 37.5 Å². The highest BCUT2D eigenvalue weighted by Crippen LogP contribution is 2.31. The van der Waals surface area contributed by atoms with Crippen LogP contribution in [0.1, 0.15) is 25.7 Å². The van der Waals surface area contributed by atoms with Crippen LogP contribution in [0.15, 0.2) is 29.2 Å². The van der Waals surface area contributed by atoms with Gasteiger partial charge in [0.2, 0.25) is 5.91 Å². The van der Waals surface area contributed by atoms with Crippen molar-refractivity contribution in [3.8, 4) is 5.75 Å². The van der Waals surface area contributed by atoms with Gasteiger partial charge in [-0.25, -0.2) is 0 Å². The number of rotatable bonds is 3. The van der Waals surface area contributed by atoms with Gasteiger partial charge in [0.1, 0.15) is 11.9 Å². The van der Waals surface area contributed by atoms with Crippen LogP contribution >= 0.6 is 11.6 Å². The Morgan fingerprint density at radius 3 is 2.77 bits per heavy atom. The van der Waals surface area contributed by atoms with E-state index in [-0.39, 0.29) is 23.6 Å². The van der Waals surface area contributed by atoms with E-state index < -0.39 is 0 Å². The number of likely N-dealkylation sites (tertiary alicyclic amines) is 1. The van der Waals surface area contributed by atoms with E-state index in [2.05, 4.69) is 10.3 Å². The maximum atomic E-state index is 12.5. The van der Waals surface area contributed by atoms with Crippen molar-refractivity contribution >= 4 is 28.3 Å². The summed E-state index contributed by atoms with van der Waals surface area (Å²) in [6.07, 6.45) is 5.20. The van der Waals surface area contributed by atoms with Gasteiger partial charge in [0.05, 0.1) is 11.1 Å². The van der Waals surface area contributed by atoms with Gasteiger partial charge in [0.25, 0.3) is 5.56 Å². The van der Waals surface area contributed by atoms with Gasteiger partial charge in [-0.2, -0.15) is 0 Å². The Morgan fingerprint density at radius 2 is 2.04 bits per heavy atom. The lowest BCUT2D eigenvalue weighted by molar-refractivity contribution is -0.134. The van der Waals surface area contributed by atoms with E-state index in [4.69, 9.17) is 16.3 Å². The molecule has 1 atom stereocenters. The van der Waals surface area contributed by atoms with Gasteiger partial charge in [0.15, 0.2) is 0 Å². The van der Waals surface area contributed by atoms with Crippen molar-refractivity contribution < 1.29 is 9.53 Å². The Labute approximate surface area is 156 Å². The minimum atomic E-state index is -0.164. The topological polar surface area (TPSA) is 74.4 Å². The summed E-state index contributed by atoms with van der Waals surface area (Å²) in [6, 6.07) is 5.28. The number of H-pyrrole nitrogens is 1. The Kier molecular flexibility index (Phi) is 4.87. The van der Waals surface area contributed by atoms with Crippen molar-refractivity contribution in [3.63, 3.8) is 0 Å². The van der Waals surface area contributed by atoms with E-state index in [1.54, 1.807) is 12.3 Å². The van der Waals surface area contributed by atoms with Crippen LogP contribution in [0.3, 0.4) is 0 Å². The van der Waals surface area contributed by atoms with E-state index in [9.17, 15) is 9.59 Å². The number of ether oxygens (including phenoxy) is 1. The molecule has 0 spiro atoms. The number of pyridine rings is 1. The van der Waals surface area contributed by atoms with Crippen molar-refractivity contribution in [2.75, 3.05) is 19.6 Å². The molecule has 26 heavy (non-hydrogen) atoms. The quantitative estimate of drug-likeness (QED) is 0.863. The summed E-state index contributed by atoms with van der Waals surface area (Å²) in [5.74, 6) is 0.802. The average Bonchev–Trinajstić information content (AvgIpc) is 3.18. The van der Waals surface area contributed by atoms with Crippen molar-refractivity contribution in [1.82, 2.24) is 15.2 Å². The average molecular weight is 376 g/mol. The van der Waals surface area contributed by atoms with Crippen LogP contribution < -0.4 is 15.6 Å². The molecule has 2 aromatic rings. The van der Waals surface area contributed by atoms with E-state index in [0.29, 0.717) is 29.2 Å². The lowest BCUT2D eigenvalue weighted by Crippen LogP contribution is -2.48. The third-order valence-corrected chi connectivity index (χ3v) is 5.53. The number of amides is 1. The van der Waals surface area contributed by atoms with Crippen molar-refractivity contribution in [3.05, 3.63) is 39.8 Å². The predicted molar refractivity (Wildman–Crippen MR) is 101 cm³/mol. The zero-order valence-electron chi connectivity index (χ0n) is 14.5. The predicted octanol–water partition coefficient (Wildman–Crippen LogP) is 2.30. The Hall–Kier alpha value is -2.05. The Balaban J connectivity index is 1.41. The fourth-order valence-corrected chi connectivity index (χ4v) is 3.98. The number of halogens is 1. The SMILES string of the molecule is O=C([C@@H]1CCCN1)N1CCC(Oc2cc3cc[nH]c(=O)c3cc2Cl)CC1. The minimum Gasteiger partial charge on any atom is -0.489 e. The number of nitrogens with zero attached hydrogens (tertiary/aromatic N) is 1. The number of carbonyl (C=O) groups is 1. The van der Waals surface area contributed by atoms with Gasteiger partial charge in [-0.3, -0.25) is 9.59 Å². The lowest BCUT2D eigenvalue weighted by atomic mass is 10.1. The van der Waals surface area contributed by atoms with Gasteiger partial charge in [-0.1, -0.05) is 11.6 Å². The molecule has 1 amide bonds. The summed E-state index contributed by atoms with van der Waals surface area (Å²) >= 11 is 6.31. The molecule has 0 radical (unpaired) electrons.